The van der Waals surface area contributed by atoms with Gasteiger partial charge in [0.1, 0.15) is 0 Å². The van der Waals surface area contributed by atoms with Crippen LogP contribution in [-0.2, 0) is 4.74 Å². The van der Waals surface area contributed by atoms with Gasteiger partial charge in [-0.3, -0.25) is 0 Å². The molecule has 0 aliphatic carbocycles. The summed E-state index contributed by atoms with van der Waals surface area (Å²) in [7, 11) is 0. The van der Waals surface area contributed by atoms with Gasteiger partial charge in [-0.1, -0.05) is 42.5 Å². The van der Waals surface area contributed by atoms with Crippen LogP contribution in [0.4, 0.5) is 4.79 Å². The van der Waals surface area contributed by atoms with Crippen LogP contribution >= 0.6 is 0 Å². The molecule has 1 aliphatic rings. The summed E-state index contributed by atoms with van der Waals surface area (Å²) in [6.07, 6.45) is 0.0632. The highest BCUT2D eigenvalue weighted by Crippen LogP contribution is 2.24. The SMILES string of the molecule is C[C@H](O)C[C@H]1COCCN1C(=O)N[C@H](C)c1cccc2ccccc12. The first kappa shape index (κ1) is 17.7. The number of hydrogen-bond acceptors (Lipinski definition) is 3. The third-order valence-corrected chi connectivity index (χ3v) is 4.73. The van der Waals surface area contributed by atoms with E-state index >= 15 is 0 Å². The van der Waals surface area contributed by atoms with E-state index in [0.717, 1.165) is 10.9 Å². The molecule has 3 atom stereocenters. The van der Waals surface area contributed by atoms with E-state index in [9.17, 15) is 9.90 Å². The largest absolute Gasteiger partial charge is 0.393 e. The summed E-state index contributed by atoms with van der Waals surface area (Å²) in [6.45, 7) is 5.30. The predicted molar refractivity (Wildman–Crippen MR) is 98.5 cm³/mol. The fourth-order valence-electron chi connectivity index (χ4n) is 3.49. The lowest BCUT2D eigenvalue weighted by Crippen LogP contribution is -2.53. The minimum atomic E-state index is -0.461. The summed E-state index contributed by atoms with van der Waals surface area (Å²) < 4.78 is 5.48. The van der Waals surface area contributed by atoms with Crippen molar-refractivity contribution in [3.05, 3.63) is 48.0 Å². The molecule has 2 aromatic rings. The quantitative estimate of drug-likeness (QED) is 0.897. The summed E-state index contributed by atoms with van der Waals surface area (Å²) >= 11 is 0. The van der Waals surface area contributed by atoms with Crippen LogP contribution in [0.3, 0.4) is 0 Å². The van der Waals surface area contributed by atoms with Gasteiger partial charge in [0.15, 0.2) is 0 Å². The van der Waals surface area contributed by atoms with E-state index in [1.54, 1.807) is 11.8 Å². The van der Waals surface area contributed by atoms with Gasteiger partial charge in [-0.15, -0.1) is 0 Å². The smallest absolute Gasteiger partial charge is 0.318 e. The Balaban J connectivity index is 1.75. The van der Waals surface area contributed by atoms with Crippen LogP contribution < -0.4 is 5.32 Å². The molecule has 2 aromatic carbocycles. The molecule has 1 fully saturated rings. The Morgan fingerprint density at radius 1 is 1.28 bits per heavy atom. The molecule has 0 saturated carbocycles. The van der Waals surface area contributed by atoms with E-state index in [1.165, 1.54) is 5.39 Å². The van der Waals surface area contributed by atoms with Gasteiger partial charge in [-0.25, -0.2) is 4.79 Å². The van der Waals surface area contributed by atoms with Crippen molar-refractivity contribution in [3.8, 4) is 0 Å². The molecule has 2 N–H and O–H groups in total. The van der Waals surface area contributed by atoms with E-state index in [2.05, 4.69) is 29.6 Å². The molecule has 0 spiro atoms. The highest BCUT2D eigenvalue weighted by molar-refractivity contribution is 5.86. The molecule has 134 valence electrons. The maximum absolute atomic E-state index is 12.8. The normalized spacial score (nSPS) is 20.3. The number of morpholine rings is 1. The Bertz CT molecular complexity index is 726. The third kappa shape index (κ3) is 4.11. The second-order valence-electron chi connectivity index (χ2n) is 6.75. The monoisotopic (exact) mass is 342 g/mol. The lowest BCUT2D eigenvalue weighted by atomic mass is 10.00. The fraction of sp³-hybridized carbons (Fsp3) is 0.450. The zero-order chi connectivity index (χ0) is 17.8. The van der Waals surface area contributed by atoms with Gasteiger partial charge < -0.3 is 20.1 Å². The number of carbonyl (C=O) groups excluding carboxylic acids is 1. The van der Waals surface area contributed by atoms with E-state index < -0.39 is 6.10 Å². The predicted octanol–water partition coefficient (Wildman–Crippen LogP) is 3.08. The molecule has 0 bridgehead atoms. The first-order valence-electron chi connectivity index (χ1n) is 8.87. The molecule has 1 aliphatic heterocycles. The van der Waals surface area contributed by atoms with E-state index in [4.69, 9.17) is 4.74 Å². The van der Waals surface area contributed by atoms with Gasteiger partial charge in [0.05, 0.1) is 31.4 Å². The highest BCUT2D eigenvalue weighted by atomic mass is 16.5. The molecule has 1 heterocycles. The average molecular weight is 342 g/mol. The molecule has 0 unspecified atom stereocenters. The number of fused-ring (bicyclic) bond motifs is 1. The zero-order valence-electron chi connectivity index (χ0n) is 14.8. The van der Waals surface area contributed by atoms with Crippen molar-refractivity contribution >= 4 is 16.8 Å². The second-order valence-corrected chi connectivity index (χ2v) is 6.75. The number of rotatable bonds is 4. The summed E-state index contributed by atoms with van der Waals surface area (Å²) in [5, 5.41) is 15.1. The Morgan fingerprint density at radius 2 is 2.04 bits per heavy atom. The number of aliphatic hydroxyl groups excluding tert-OH is 1. The standard InChI is InChI=1S/C20H26N2O3/c1-14(23)12-17-13-25-11-10-22(17)20(24)21-15(2)18-9-5-7-16-6-3-4-8-19(16)18/h3-9,14-15,17,23H,10-13H2,1-2H3,(H,21,24)/t14-,15+,17-/m0/s1. The molecule has 3 rings (SSSR count). The van der Waals surface area contributed by atoms with Gasteiger partial charge in [-0.2, -0.15) is 0 Å². The second kappa shape index (κ2) is 7.85. The first-order chi connectivity index (χ1) is 12.1. The number of benzene rings is 2. The minimum Gasteiger partial charge on any atom is -0.393 e. The Morgan fingerprint density at radius 3 is 2.84 bits per heavy atom. The number of ether oxygens (including phenoxy) is 1. The van der Waals surface area contributed by atoms with Gasteiger partial charge >= 0.3 is 6.03 Å². The van der Waals surface area contributed by atoms with E-state index in [0.29, 0.717) is 26.2 Å². The van der Waals surface area contributed by atoms with Crippen molar-refractivity contribution in [2.24, 2.45) is 0 Å². The first-order valence-corrected chi connectivity index (χ1v) is 8.87. The van der Waals surface area contributed by atoms with Crippen molar-refractivity contribution in [1.82, 2.24) is 10.2 Å². The summed E-state index contributed by atoms with van der Waals surface area (Å²) in [6, 6.07) is 14.0. The molecule has 1 saturated heterocycles. The lowest BCUT2D eigenvalue weighted by Gasteiger charge is -2.37. The molecular weight excluding hydrogens is 316 g/mol. The van der Waals surface area contributed by atoms with Crippen LogP contribution in [0.5, 0.6) is 0 Å². The van der Waals surface area contributed by atoms with Crippen molar-refractivity contribution < 1.29 is 14.6 Å². The van der Waals surface area contributed by atoms with Crippen LogP contribution in [-0.4, -0.2) is 47.9 Å². The summed E-state index contributed by atoms with van der Waals surface area (Å²) in [5.74, 6) is 0. The zero-order valence-corrected chi connectivity index (χ0v) is 14.8. The molecule has 0 aromatic heterocycles. The molecule has 5 heteroatoms. The number of nitrogens with one attached hydrogen (secondary N) is 1. The molecule has 0 radical (unpaired) electrons. The van der Waals surface area contributed by atoms with Gasteiger partial charge in [0, 0.05) is 6.54 Å². The average Bonchev–Trinajstić information content (AvgIpc) is 2.61. The molecular formula is C20H26N2O3. The van der Waals surface area contributed by atoms with E-state index in [1.807, 2.05) is 25.1 Å². The number of nitrogens with zero attached hydrogens (tertiary/aromatic N) is 1. The van der Waals surface area contributed by atoms with Crippen LogP contribution in [0.2, 0.25) is 0 Å². The van der Waals surface area contributed by atoms with Crippen LogP contribution in [0.25, 0.3) is 10.8 Å². The maximum Gasteiger partial charge on any atom is 0.318 e. The van der Waals surface area contributed by atoms with Crippen molar-refractivity contribution in [3.63, 3.8) is 0 Å². The van der Waals surface area contributed by atoms with Crippen LogP contribution in [0.15, 0.2) is 42.5 Å². The van der Waals surface area contributed by atoms with Crippen LogP contribution in [0, 0.1) is 0 Å². The number of aliphatic hydroxyl groups is 1. The number of amides is 2. The molecule has 2 amide bonds. The minimum absolute atomic E-state index is 0.0894. The number of carbonyl (C=O) groups is 1. The lowest BCUT2D eigenvalue weighted by molar-refractivity contribution is -0.00473. The summed E-state index contributed by atoms with van der Waals surface area (Å²) in [4.78, 5) is 14.6. The number of urea groups is 1. The Hall–Kier alpha value is -2.11. The fourth-order valence-corrected chi connectivity index (χ4v) is 3.49. The summed E-state index contributed by atoms with van der Waals surface area (Å²) in [5.41, 5.74) is 1.10. The van der Waals surface area contributed by atoms with Gasteiger partial charge in [-0.05, 0) is 36.6 Å². The van der Waals surface area contributed by atoms with Crippen molar-refractivity contribution in [2.75, 3.05) is 19.8 Å². The maximum atomic E-state index is 12.8. The Kier molecular flexibility index (Phi) is 5.56. The third-order valence-electron chi connectivity index (χ3n) is 4.73. The molecule has 25 heavy (non-hydrogen) atoms. The van der Waals surface area contributed by atoms with Crippen LogP contribution in [0.1, 0.15) is 31.9 Å². The highest BCUT2D eigenvalue weighted by Gasteiger charge is 2.29. The van der Waals surface area contributed by atoms with Crippen molar-refractivity contribution in [1.29, 1.82) is 0 Å². The topological polar surface area (TPSA) is 61.8 Å². The van der Waals surface area contributed by atoms with Crippen molar-refractivity contribution in [2.45, 2.75) is 38.5 Å². The van der Waals surface area contributed by atoms with Gasteiger partial charge in [0.2, 0.25) is 0 Å². The Labute approximate surface area is 148 Å². The van der Waals surface area contributed by atoms with E-state index in [-0.39, 0.29) is 18.1 Å². The number of hydrogen-bond donors (Lipinski definition) is 2. The molecule has 5 nitrogen and oxygen atoms in total. The van der Waals surface area contributed by atoms with Gasteiger partial charge in [0.25, 0.3) is 0 Å².